The van der Waals surface area contributed by atoms with Crippen molar-refractivity contribution in [1.29, 1.82) is 0 Å². The van der Waals surface area contributed by atoms with Gasteiger partial charge in [0.25, 0.3) is 0 Å². The Hall–Kier alpha value is -1.79. The molecule has 0 aliphatic carbocycles. The van der Waals surface area contributed by atoms with Crippen LogP contribution in [0.5, 0.6) is 0 Å². The first-order valence-electron chi connectivity index (χ1n) is 9.69. The summed E-state index contributed by atoms with van der Waals surface area (Å²) in [4.78, 5) is 25.1. The molecule has 2 saturated heterocycles. The predicted molar refractivity (Wildman–Crippen MR) is 107 cm³/mol. The summed E-state index contributed by atoms with van der Waals surface area (Å²) in [6.45, 7) is 3.66. The highest BCUT2D eigenvalue weighted by Crippen LogP contribution is 2.29. The van der Waals surface area contributed by atoms with Crippen molar-refractivity contribution in [2.45, 2.75) is 44.6 Å². The Balaban J connectivity index is 0.00000261. The van der Waals surface area contributed by atoms with Crippen molar-refractivity contribution in [1.82, 2.24) is 15.5 Å². The fraction of sp³-hybridized carbons (Fsp3) is 0.600. The summed E-state index contributed by atoms with van der Waals surface area (Å²) in [5.41, 5.74) is 2.17. The van der Waals surface area contributed by atoms with Crippen LogP contribution in [0.15, 0.2) is 24.3 Å². The molecule has 2 amide bonds. The van der Waals surface area contributed by atoms with E-state index in [0.717, 1.165) is 43.6 Å². The molecular weight excluding hydrogens is 366 g/mol. The number of carbonyl (C=O) groups is 2. The van der Waals surface area contributed by atoms with Crippen LogP contribution in [0.1, 0.15) is 49.3 Å². The lowest BCUT2D eigenvalue weighted by atomic mass is 9.93. The molecule has 0 spiro atoms. The standard InChI is InChI=1S/C20H29N3O3.ClH/c24-19(25)6-3-15-1-4-17(5-2-15)18-9-13-22-20(26)23(18)14-10-16-7-11-21-12-8-16;/h1-2,4-5,16,18,21H,3,6-14H2,(H,22,26)(H,24,25);1H. The predicted octanol–water partition coefficient (Wildman–Crippen LogP) is 2.97. The normalized spacial score (nSPS) is 20.7. The van der Waals surface area contributed by atoms with Crippen LogP contribution in [-0.4, -0.2) is 48.2 Å². The molecule has 0 radical (unpaired) electrons. The fourth-order valence-corrected chi connectivity index (χ4v) is 3.97. The van der Waals surface area contributed by atoms with Gasteiger partial charge in [0.2, 0.25) is 0 Å². The maximum Gasteiger partial charge on any atom is 0.317 e. The van der Waals surface area contributed by atoms with Crippen LogP contribution in [0.3, 0.4) is 0 Å². The fourth-order valence-electron chi connectivity index (χ4n) is 3.97. The lowest BCUT2D eigenvalue weighted by molar-refractivity contribution is -0.136. The number of aliphatic carboxylic acids is 1. The lowest BCUT2D eigenvalue weighted by Crippen LogP contribution is -2.49. The molecule has 3 rings (SSSR count). The van der Waals surface area contributed by atoms with E-state index in [2.05, 4.69) is 22.8 Å². The Morgan fingerprint density at radius 3 is 2.48 bits per heavy atom. The molecule has 1 atom stereocenters. The van der Waals surface area contributed by atoms with E-state index in [4.69, 9.17) is 5.11 Å². The molecule has 0 aromatic heterocycles. The number of amides is 2. The van der Waals surface area contributed by atoms with Gasteiger partial charge in [-0.2, -0.15) is 0 Å². The molecule has 150 valence electrons. The molecular formula is C20H30ClN3O3. The number of halogens is 1. The summed E-state index contributed by atoms with van der Waals surface area (Å²) in [5, 5.41) is 15.2. The highest BCUT2D eigenvalue weighted by atomic mass is 35.5. The van der Waals surface area contributed by atoms with E-state index in [9.17, 15) is 9.59 Å². The summed E-state index contributed by atoms with van der Waals surface area (Å²) >= 11 is 0. The Morgan fingerprint density at radius 2 is 1.81 bits per heavy atom. The summed E-state index contributed by atoms with van der Waals surface area (Å²) in [5.74, 6) is -0.0767. The molecule has 2 aliphatic heterocycles. The molecule has 27 heavy (non-hydrogen) atoms. The smallest absolute Gasteiger partial charge is 0.317 e. The maximum absolute atomic E-state index is 12.4. The largest absolute Gasteiger partial charge is 0.481 e. The van der Waals surface area contributed by atoms with E-state index >= 15 is 0 Å². The van der Waals surface area contributed by atoms with Gasteiger partial charge >= 0.3 is 12.0 Å². The second-order valence-electron chi connectivity index (χ2n) is 7.35. The third kappa shape index (κ3) is 6.11. The summed E-state index contributed by atoms with van der Waals surface area (Å²) in [6.07, 6.45) is 5.04. The topological polar surface area (TPSA) is 81.7 Å². The SMILES string of the molecule is Cl.O=C(O)CCc1ccc(C2CCNC(=O)N2CCC2CCNCC2)cc1. The van der Waals surface area contributed by atoms with Crippen molar-refractivity contribution in [2.24, 2.45) is 5.92 Å². The van der Waals surface area contributed by atoms with E-state index in [1.807, 2.05) is 17.0 Å². The summed E-state index contributed by atoms with van der Waals surface area (Å²) < 4.78 is 0. The number of urea groups is 1. The first-order valence-corrected chi connectivity index (χ1v) is 9.69. The average Bonchev–Trinajstić information content (AvgIpc) is 2.66. The third-order valence-electron chi connectivity index (χ3n) is 5.56. The molecule has 2 heterocycles. The van der Waals surface area contributed by atoms with Gasteiger partial charge in [0.15, 0.2) is 0 Å². The van der Waals surface area contributed by atoms with E-state index in [1.165, 1.54) is 12.8 Å². The zero-order valence-electron chi connectivity index (χ0n) is 15.7. The van der Waals surface area contributed by atoms with E-state index in [-0.39, 0.29) is 30.9 Å². The van der Waals surface area contributed by atoms with Crippen molar-refractivity contribution >= 4 is 24.4 Å². The number of carboxylic acids is 1. The van der Waals surface area contributed by atoms with Gasteiger partial charge < -0.3 is 20.6 Å². The monoisotopic (exact) mass is 395 g/mol. The number of nitrogens with zero attached hydrogens (tertiary/aromatic N) is 1. The average molecular weight is 396 g/mol. The van der Waals surface area contributed by atoms with Crippen LogP contribution in [0.4, 0.5) is 4.79 Å². The number of nitrogens with one attached hydrogen (secondary N) is 2. The number of hydrogen-bond acceptors (Lipinski definition) is 3. The van der Waals surface area contributed by atoms with Crippen LogP contribution in [0.2, 0.25) is 0 Å². The van der Waals surface area contributed by atoms with Crippen molar-refractivity contribution in [3.8, 4) is 0 Å². The molecule has 7 heteroatoms. The van der Waals surface area contributed by atoms with Crippen LogP contribution >= 0.6 is 12.4 Å². The van der Waals surface area contributed by atoms with Gasteiger partial charge in [-0.05, 0) is 62.2 Å². The number of benzene rings is 1. The minimum Gasteiger partial charge on any atom is -0.481 e. The number of carboxylic acid groups (broad SMARTS) is 1. The highest BCUT2D eigenvalue weighted by molar-refractivity contribution is 5.85. The Bertz CT molecular complexity index is 617. The number of carbonyl (C=O) groups excluding carboxylic acids is 1. The molecule has 1 aromatic rings. The lowest BCUT2D eigenvalue weighted by Gasteiger charge is -2.37. The number of aryl methyl sites for hydroxylation is 1. The first-order chi connectivity index (χ1) is 12.6. The van der Waals surface area contributed by atoms with Gasteiger partial charge in [0.05, 0.1) is 6.04 Å². The van der Waals surface area contributed by atoms with Crippen molar-refractivity contribution in [3.63, 3.8) is 0 Å². The molecule has 0 saturated carbocycles. The maximum atomic E-state index is 12.4. The van der Waals surface area contributed by atoms with Crippen molar-refractivity contribution < 1.29 is 14.7 Å². The minimum atomic E-state index is -0.776. The number of piperidine rings is 1. The van der Waals surface area contributed by atoms with Crippen molar-refractivity contribution in [2.75, 3.05) is 26.2 Å². The third-order valence-corrected chi connectivity index (χ3v) is 5.56. The minimum absolute atomic E-state index is 0. The second-order valence-corrected chi connectivity index (χ2v) is 7.35. The first kappa shape index (κ1) is 21.5. The van der Waals surface area contributed by atoms with E-state index < -0.39 is 5.97 Å². The molecule has 2 fully saturated rings. The van der Waals surface area contributed by atoms with Gasteiger partial charge in [-0.25, -0.2) is 4.79 Å². The molecule has 2 aliphatic rings. The van der Waals surface area contributed by atoms with Gasteiger partial charge in [-0.15, -0.1) is 12.4 Å². The Labute approximate surface area is 167 Å². The highest BCUT2D eigenvalue weighted by Gasteiger charge is 2.29. The second kappa shape index (κ2) is 10.5. The molecule has 3 N–H and O–H groups in total. The van der Waals surface area contributed by atoms with Crippen LogP contribution < -0.4 is 10.6 Å². The summed E-state index contributed by atoms with van der Waals surface area (Å²) in [6, 6.07) is 8.24. The van der Waals surface area contributed by atoms with Gasteiger partial charge in [0.1, 0.15) is 0 Å². The molecule has 0 bridgehead atoms. The van der Waals surface area contributed by atoms with Gasteiger partial charge in [-0.3, -0.25) is 4.79 Å². The number of rotatable bonds is 7. The zero-order valence-corrected chi connectivity index (χ0v) is 16.5. The Morgan fingerprint density at radius 1 is 1.11 bits per heavy atom. The number of hydrogen-bond donors (Lipinski definition) is 3. The summed E-state index contributed by atoms with van der Waals surface area (Å²) in [7, 11) is 0. The molecule has 1 aromatic carbocycles. The quantitative estimate of drug-likeness (QED) is 0.662. The van der Waals surface area contributed by atoms with Crippen LogP contribution in [-0.2, 0) is 11.2 Å². The van der Waals surface area contributed by atoms with Crippen LogP contribution in [0, 0.1) is 5.92 Å². The van der Waals surface area contributed by atoms with E-state index in [0.29, 0.717) is 18.9 Å². The van der Waals surface area contributed by atoms with E-state index in [1.54, 1.807) is 0 Å². The van der Waals surface area contributed by atoms with Crippen molar-refractivity contribution in [3.05, 3.63) is 35.4 Å². The van der Waals surface area contributed by atoms with Crippen LogP contribution in [0.25, 0.3) is 0 Å². The molecule has 6 nitrogen and oxygen atoms in total. The zero-order chi connectivity index (χ0) is 18.4. The van der Waals surface area contributed by atoms with Gasteiger partial charge in [0, 0.05) is 19.5 Å². The van der Waals surface area contributed by atoms with Gasteiger partial charge in [-0.1, -0.05) is 24.3 Å². The molecule has 1 unspecified atom stereocenters. The Kier molecular flexibility index (Phi) is 8.38.